The van der Waals surface area contributed by atoms with Gasteiger partial charge >= 0.3 is 0 Å². The number of nitrogens with zero attached hydrogens (tertiary/aromatic N) is 3. The molecule has 0 spiro atoms. The summed E-state index contributed by atoms with van der Waals surface area (Å²) in [6.45, 7) is 2.70. The van der Waals surface area contributed by atoms with Gasteiger partial charge in [-0.15, -0.1) is 11.3 Å². The third kappa shape index (κ3) is 2.77. The monoisotopic (exact) mass is 325 g/mol. The van der Waals surface area contributed by atoms with E-state index in [-0.39, 0.29) is 5.91 Å². The maximum Gasteiger partial charge on any atom is 0.273 e. The molecule has 1 fully saturated rings. The summed E-state index contributed by atoms with van der Waals surface area (Å²) in [5, 5.41) is 2.09. The number of aryl methyl sites for hydroxylation is 1. The van der Waals surface area contributed by atoms with E-state index in [0.29, 0.717) is 11.7 Å². The summed E-state index contributed by atoms with van der Waals surface area (Å²) >= 11 is 1.76. The fourth-order valence-corrected chi connectivity index (χ4v) is 3.73. The van der Waals surface area contributed by atoms with E-state index in [1.807, 2.05) is 40.6 Å². The lowest BCUT2D eigenvalue weighted by Crippen LogP contribution is -2.36. The second-order valence-corrected chi connectivity index (χ2v) is 7.07. The van der Waals surface area contributed by atoms with Gasteiger partial charge in [-0.3, -0.25) is 9.20 Å². The van der Waals surface area contributed by atoms with Crippen LogP contribution in [0.15, 0.2) is 41.9 Å². The van der Waals surface area contributed by atoms with Crippen molar-refractivity contribution in [3.8, 4) is 0 Å². The van der Waals surface area contributed by atoms with Crippen LogP contribution in [0.3, 0.4) is 0 Å². The van der Waals surface area contributed by atoms with Crippen LogP contribution in [0.4, 0.5) is 0 Å². The number of rotatable bonds is 5. The second-order valence-electron chi connectivity index (χ2n) is 6.03. The molecular weight excluding hydrogens is 306 g/mol. The van der Waals surface area contributed by atoms with Gasteiger partial charge in [0.25, 0.3) is 5.91 Å². The van der Waals surface area contributed by atoms with Gasteiger partial charge < -0.3 is 4.90 Å². The Bertz CT molecular complexity index is 833. The van der Waals surface area contributed by atoms with Crippen LogP contribution in [-0.4, -0.2) is 32.8 Å². The zero-order valence-electron chi connectivity index (χ0n) is 13.1. The van der Waals surface area contributed by atoms with Gasteiger partial charge in [-0.1, -0.05) is 12.1 Å². The van der Waals surface area contributed by atoms with Crippen LogP contribution in [-0.2, 0) is 6.42 Å². The van der Waals surface area contributed by atoms with E-state index >= 15 is 0 Å². The third-order valence-electron chi connectivity index (χ3n) is 4.33. The van der Waals surface area contributed by atoms with Crippen molar-refractivity contribution in [3.05, 3.63) is 58.2 Å². The molecule has 4 nitrogen and oxygen atoms in total. The quantitative estimate of drug-likeness (QED) is 0.719. The largest absolute Gasteiger partial charge is 0.334 e. The van der Waals surface area contributed by atoms with Crippen LogP contribution in [0.2, 0.25) is 0 Å². The second kappa shape index (κ2) is 5.81. The molecule has 0 saturated heterocycles. The molecule has 118 valence electrons. The topological polar surface area (TPSA) is 37.6 Å². The van der Waals surface area contributed by atoms with Crippen LogP contribution in [0, 0.1) is 6.92 Å². The average molecular weight is 325 g/mol. The molecule has 0 bridgehead atoms. The first kappa shape index (κ1) is 14.5. The summed E-state index contributed by atoms with van der Waals surface area (Å²) in [5.74, 6) is 0.111. The highest BCUT2D eigenvalue weighted by molar-refractivity contribution is 7.09. The Kier molecular flexibility index (Phi) is 3.65. The molecule has 0 N–H and O–H groups in total. The molecule has 23 heavy (non-hydrogen) atoms. The number of aromatic nitrogens is 2. The van der Waals surface area contributed by atoms with Crippen molar-refractivity contribution in [2.75, 3.05) is 6.54 Å². The lowest BCUT2D eigenvalue weighted by atomic mass is 10.2. The minimum Gasteiger partial charge on any atom is -0.334 e. The molecule has 5 heteroatoms. The van der Waals surface area contributed by atoms with Gasteiger partial charge in [0.2, 0.25) is 0 Å². The van der Waals surface area contributed by atoms with Crippen LogP contribution >= 0.6 is 11.3 Å². The first-order valence-corrected chi connectivity index (χ1v) is 8.89. The predicted octanol–water partition coefficient (Wildman–Crippen LogP) is 3.55. The zero-order chi connectivity index (χ0) is 15.8. The Labute approximate surface area is 139 Å². The van der Waals surface area contributed by atoms with E-state index in [2.05, 4.69) is 22.5 Å². The van der Waals surface area contributed by atoms with E-state index in [1.54, 1.807) is 11.3 Å². The standard InChI is InChI=1S/C18H19N3OS/c1-13-17(21-10-3-2-6-16(21)19-13)18(22)20(14-7-8-14)11-9-15-5-4-12-23-15/h2-6,10,12,14H,7-9,11H2,1H3. The first-order chi connectivity index (χ1) is 11.2. The van der Waals surface area contributed by atoms with Gasteiger partial charge in [-0.05, 0) is 49.8 Å². The molecule has 0 aliphatic heterocycles. The highest BCUT2D eigenvalue weighted by atomic mass is 32.1. The van der Waals surface area contributed by atoms with Gasteiger partial charge in [0.15, 0.2) is 0 Å². The van der Waals surface area contributed by atoms with Crippen molar-refractivity contribution in [1.29, 1.82) is 0 Å². The lowest BCUT2D eigenvalue weighted by Gasteiger charge is -2.22. The van der Waals surface area contributed by atoms with Crippen LogP contribution in [0.25, 0.3) is 5.65 Å². The number of pyridine rings is 1. The summed E-state index contributed by atoms with van der Waals surface area (Å²) in [6, 6.07) is 10.4. The molecule has 4 rings (SSSR count). The Hall–Kier alpha value is -2.14. The normalized spacial score (nSPS) is 14.3. The molecule has 1 aliphatic carbocycles. The lowest BCUT2D eigenvalue weighted by molar-refractivity contribution is 0.0737. The molecule has 1 amide bonds. The number of carbonyl (C=O) groups excluding carboxylic acids is 1. The summed E-state index contributed by atoms with van der Waals surface area (Å²) in [5.41, 5.74) is 2.35. The number of hydrogen-bond donors (Lipinski definition) is 0. The van der Waals surface area contributed by atoms with Crippen molar-refractivity contribution in [3.63, 3.8) is 0 Å². The van der Waals surface area contributed by atoms with E-state index in [4.69, 9.17) is 0 Å². The van der Waals surface area contributed by atoms with Crippen LogP contribution in [0.5, 0.6) is 0 Å². The van der Waals surface area contributed by atoms with E-state index < -0.39 is 0 Å². The Morgan fingerprint density at radius 1 is 1.35 bits per heavy atom. The smallest absolute Gasteiger partial charge is 0.273 e. The van der Waals surface area contributed by atoms with Gasteiger partial charge in [0.05, 0.1) is 5.69 Å². The summed E-state index contributed by atoms with van der Waals surface area (Å²) in [6.07, 6.45) is 5.08. The van der Waals surface area contributed by atoms with Crippen molar-refractivity contribution in [2.24, 2.45) is 0 Å². The van der Waals surface area contributed by atoms with Crippen molar-refractivity contribution in [1.82, 2.24) is 14.3 Å². The summed E-state index contributed by atoms with van der Waals surface area (Å²) in [7, 11) is 0. The Morgan fingerprint density at radius 3 is 2.96 bits per heavy atom. The molecule has 1 saturated carbocycles. The minimum absolute atomic E-state index is 0.111. The Morgan fingerprint density at radius 2 is 2.22 bits per heavy atom. The maximum absolute atomic E-state index is 13.2. The number of fused-ring (bicyclic) bond motifs is 1. The molecule has 0 aromatic carbocycles. The number of thiophene rings is 1. The van der Waals surface area contributed by atoms with E-state index in [1.165, 1.54) is 4.88 Å². The van der Waals surface area contributed by atoms with Crippen molar-refractivity contribution < 1.29 is 4.79 Å². The van der Waals surface area contributed by atoms with Gasteiger partial charge in [-0.25, -0.2) is 4.98 Å². The van der Waals surface area contributed by atoms with Gasteiger partial charge in [-0.2, -0.15) is 0 Å². The van der Waals surface area contributed by atoms with Crippen LogP contribution in [0.1, 0.15) is 33.9 Å². The fraction of sp³-hybridized carbons (Fsp3) is 0.333. The highest BCUT2D eigenvalue weighted by Crippen LogP contribution is 2.29. The highest BCUT2D eigenvalue weighted by Gasteiger charge is 2.34. The average Bonchev–Trinajstić information content (AvgIpc) is 3.13. The molecule has 0 unspecified atom stereocenters. The zero-order valence-corrected chi connectivity index (χ0v) is 13.9. The SMILES string of the molecule is Cc1nc2ccccn2c1C(=O)N(CCc1cccs1)C1CC1. The van der Waals surface area contributed by atoms with E-state index in [9.17, 15) is 4.79 Å². The molecule has 0 radical (unpaired) electrons. The minimum atomic E-state index is 0.111. The first-order valence-electron chi connectivity index (χ1n) is 8.01. The van der Waals surface area contributed by atoms with E-state index in [0.717, 1.165) is 37.1 Å². The Balaban J connectivity index is 1.63. The number of amides is 1. The van der Waals surface area contributed by atoms with Crippen molar-refractivity contribution in [2.45, 2.75) is 32.2 Å². The maximum atomic E-state index is 13.2. The van der Waals surface area contributed by atoms with Gasteiger partial charge in [0.1, 0.15) is 11.3 Å². The molecule has 3 aromatic heterocycles. The molecule has 0 atom stereocenters. The number of hydrogen-bond acceptors (Lipinski definition) is 3. The molecule has 1 aliphatic rings. The molecule has 3 heterocycles. The molecular formula is C18H19N3OS. The fourth-order valence-electron chi connectivity index (χ4n) is 3.03. The summed E-state index contributed by atoms with van der Waals surface area (Å²) in [4.78, 5) is 21.1. The van der Waals surface area contributed by atoms with Crippen molar-refractivity contribution >= 4 is 22.9 Å². The number of imidazole rings is 1. The number of carbonyl (C=O) groups is 1. The van der Waals surface area contributed by atoms with Crippen LogP contribution < -0.4 is 0 Å². The molecule has 3 aromatic rings. The summed E-state index contributed by atoms with van der Waals surface area (Å²) < 4.78 is 1.91. The predicted molar refractivity (Wildman–Crippen MR) is 92.0 cm³/mol. The third-order valence-corrected chi connectivity index (χ3v) is 5.27. The van der Waals surface area contributed by atoms with Gasteiger partial charge in [0, 0.05) is 23.7 Å².